The lowest BCUT2D eigenvalue weighted by molar-refractivity contribution is 0.613. The Bertz CT molecular complexity index is 296. The average molecular weight is 231 g/mol. The van der Waals surface area contributed by atoms with Crippen molar-refractivity contribution < 1.29 is 0 Å². The van der Waals surface area contributed by atoms with Gasteiger partial charge in [0.25, 0.3) is 0 Å². The number of halogens is 1. The molecule has 0 aliphatic carbocycles. The second-order valence-corrected chi connectivity index (χ2v) is 4.64. The molecule has 0 spiro atoms. The van der Waals surface area contributed by atoms with Gasteiger partial charge in [-0.1, -0.05) is 12.2 Å². The van der Waals surface area contributed by atoms with Gasteiger partial charge < -0.3 is 5.32 Å². The van der Waals surface area contributed by atoms with Crippen molar-refractivity contribution in [3.63, 3.8) is 0 Å². The molecule has 0 fully saturated rings. The monoisotopic (exact) mass is 230 g/mol. The molecule has 0 bridgehead atoms. The molecule has 0 saturated heterocycles. The molecule has 0 amide bonds. The number of thiazole rings is 1. The highest BCUT2D eigenvalue weighted by Gasteiger charge is 2.06. The lowest BCUT2D eigenvalue weighted by atomic mass is 10.3. The summed E-state index contributed by atoms with van der Waals surface area (Å²) >= 11 is 7.25. The third-order valence-electron chi connectivity index (χ3n) is 1.81. The minimum Gasteiger partial charge on any atom is -0.305 e. The Morgan fingerprint density at radius 1 is 1.64 bits per heavy atom. The van der Waals surface area contributed by atoms with Gasteiger partial charge in [-0.25, -0.2) is 4.98 Å². The standard InChI is InChI=1S/C10H15ClN2S/c1-8-7-13-10(14-8)9(2)12-6-4-3-5-11/h3-4,7,9,12H,5-6H2,1-2H3/b4-3+. The Hall–Kier alpha value is -0.380. The van der Waals surface area contributed by atoms with Gasteiger partial charge in [-0.2, -0.15) is 0 Å². The number of aryl methyl sites for hydroxylation is 1. The fourth-order valence-electron chi connectivity index (χ4n) is 1.05. The number of rotatable bonds is 5. The van der Waals surface area contributed by atoms with Crippen LogP contribution in [0.4, 0.5) is 0 Å². The topological polar surface area (TPSA) is 24.9 Å². The summed E-state index contributed by atoms with van der Waals surface area (Å²) in [5.41, 5.74) is 0. The summed E-state index contributed by atoms with van der Waals surface area (Å²) in [5, 5.41) is 4.49. The zero-order valence-corrected chi connectivity index (χ0v) is 10.0. The number of aromatic nitrogens is 1. The van der Waals surface area contributed by atoms with Crippen LogP contribution in [0.5, 0.6) is 0 Å². The highest BCUT2D eigenvalue weighted by atomic mass is 35.5. The predicted octanol–water partition coefficient (Wildman–Crippen LogP) is 2.90. The summed E-state index contributed by atoms with van der Waals surface area (Å²) in [6, 6.07) is 0.314. The molecule has 1 N–H and O–H groups in total. The summed E-state index contributed by atoms with van der Waals surface area (Å²) in [7, 11) is 0. The number of hydrogen-bond donors (Lipinski definition) is 1. The minimum atomic E-state index is 0.314. The van der Waals surface area contributed by atoms with E-state index >= 15 is 0 Å². The van der Waals surface area contributed by atoms with Crippen LogP contribution in [0.2, 0.25) is 0 Å². The summed E-state index contributed by atoms with van der Waals surface area (Å²) in [6.07, 6.45) is 5.88. The SMILES string of the molecule is Cc1cnc(C(C)NC/C=C/CCl)s1. The first-order valence-corrected chi connectivity index (χ1v) is 5.96. The molecule has 2 nitrogen and oxygen atoms in total. The van der Waals surface area contributed by atoms with E-state index in [0.717, 1.165) is 11.6 Å². The summed E-state index contributed by atoms with van der Waals surface area (Å²) in [6.45, 7) is 5.03. The van der Waals surface area contributed by atoms with Gasteiger partial charge in [0.05, 0.1) is 6.04 Å². The van der Waals surface area contributed by atoms with Crippen LogP contribution in [0.1, 0.15) is 22.9 Å². The Morgan fingerprint density at radius 3 is 3.00 bits per heavy atom. The molecule has 0 saturated carbocycles. The van der Waals surface area contributed by atoms with Crippen LogP contribution in [0, 0.1) is 6.92 Å². The van der Waals surface area contributed by atoms with Crippen molar-refractivity contribution in [3.05, 3.63) is 28.2 Å². The van der Waals surface area contributed by atoms with E-state index in [1.807, 2.05) is 18.3 Å². The van der Waals surface area contributed by atoms with Crippen molar-refractivity contribution in [2.45, 2.75) is 19.9 Å². The first kappa shape index (κ1) is 11.7. The van der Waals surface area contributed by atoms with Gasteiger partial charge in [0.15, 0.2) is 0 Å². The summed E-state index contributed by atoms with van der Waals surface area (Å²) in [5.74, 6) is 0.576. The molecule has 1 rings (SSSR count). The molecule has 0 aliphatic heterocycles. The maximum atomic E-state index is 5.51. The molecular formula is C10H15ClN2S. The van der Waals surface area contributed by atoms with Crippen molar-refractivity contribution in [1.29, 1.82) is 0 Å². The molecule has 1 unspecified atom stereocenters. The van der Waals surface area contributed by atoms with E-state index in [2.05, 4.69) is 24.1 Å². The average Bonchev–Trinajstić information content (AvgIpc) is 2.59. The molecular weight excluding hydrogens is 216 g/mol. The van der Waals surface area contributed by atoms with E-state index in [1.54, 1.807) is 11.3 Å². The van der Waals surface area contributed by atoms with Crippen molar-refractivity contribution in [2.24, 2.45) is 0 Å². The fraction of sp³-hybridized carbons (Fsp3) is 0.500. The first-order chi connectivity index (χ1) is 6.74. The highest BCUT2D eigenvalue weighted by Crippen LogP contribution is 2.18. The number of nitrogens with one attached hydrogen (secondary N) is 1. The Morgan fingerprint density at radius 2 is 2.43 bits per heavy atom. The first-order valence-electron chi connectivity index (χ1n) is 4.60. The van der Waals surface area contributed by atoms with E-state index in [4.69, 9.17) is 11.6 Å². The van der Waals surface area contributed by atoms with E-state index in [1.165, 1.54) is 4.88 Å². The summed E-state index contributed by atoms with van der Waals surface area (Å²) in [4.78, 5) is 5.58. The van der Waals surface area contributed by atoms with Crippen molar-refractivity contribution in [2.75, 3.05) is 12.4 Å². The van der Waals surface area contributed by atoms with Crippen LogP contribution in [0.3, 0.4) is 0 Å². The normalized spacial score (nSPS) is 13.6. The van der Waals surface area contributed by atoms with Crippen LogP contribution in [0.15, 0.2) is 18.3 Å². The van der Waals surface area contributed by atoms with Crippen molar-refractivity contribution >= 4 is 22.9 Å². The largest absolute Gasteiger partial charge is 0.305 e. The fourth-order valence-corrected chi connectivity index (χ4v) is 1.98. The maximum absolute atomic E-state index is 5.51. The van der Waals surface area contributed by atoms with Crippen LogP contribution < -0.4 is 5.32 Å². The molecule has 1 aromatic heterocycles. The lowest BCUT2D eigenvalue weighted by Crippen LogP contribution is -2.18. The van der Waals surface area contributed by atoms with E-state index in [0.29, 0.717) is 11.9 Å². The third kappa shape index (κ3) is 3.78. The van der Waals surface area contributed by atoms with Crippen LogP contribution in [-0.2, 0) is 0 Å². The van der Waals surface area contributed by atoms with Crippen molar-refractivity contribution in [3.8, 4) is 0 Å². The second kappa shape index (κ2) is 6.17. The minimum absolute atomic E-state index is 0.314. The zero-order chi connectivity index (χ0) is 10.4. The number of hydrogen-bond acceptors (Lipinski definition) is 3. The number of allylic oxidation sites excluding steroid dienone is 1. The Balaban J connectivity index is 2.35. The molecule has 4 heteroatoms. The van der Waals surface area contributed by atoms with E-state index in [9.17, 15) is 0 Å². The van der Waals surface area contributed by atoms with Gasteiger partial charge in [0, 0.05) is 23.5 Å². The molecule has 0 radical (unpaired) electrons. The van der Waals surface area contributed by atoms with Crippen LogP contribution in [-0.4, -0.2) is 17.4 Å². The third-order valence-corrected chi connectivity index (χ3v) is 3.08. The summed E-state index contributed by atoms with van der Waals surface area (Å²) < 4.78 is 0. The lowest BCUT2D eigenvalue weighted by Gasteiger charge is -2.08. The Kier molecular flexibility index (Phi) is 5.15. The molecule has 0 aliphatic rings. The van der Waals surface area contributed by atoms with Gasteiger partial charge in [0.1, 0.15) is 5.01 Å². The highest BCUT2D eigenvalue weighted by molar-refractivity contribution is 7.11. The number of nitrogens with zero attached hydrogens (tertiary/aromatic N) is 1. The molecule has 1 atom stereocenters. The molecule has 1 heterocycles. The zero-order valence-electron chi connectivity index (χ0n) is 8.46. The van der Waals surface area contributed by atoms with Gasteiger partial charge in [-0.3, -0.25) is 0 Å². The van der Waals surface area contributed by atoms with Crippen molar-refractivity contribution in [1.82, 2.24) is 10.3 Å². The van der Waals surface area contributed by atoms with E-state index in [-0.39, 0.29) is 0 Å². The van der Waals surface area contributed by atoms with Crippen LogP contribution >= 0.6 is 22.9 Å². The molecule has 1 aromatic rings. The molecule has 0 aromatic carbocycles. The van der Waals surface area contributed by atoms with Gasteiger partial charge in [0.2, 0.25) is 0 Å². The van der Waals surface area contributed by atoms with E-state index < -0.39 is 0 Å². The predicted molar refractivity (Wildman–Crippen MR) is 63.1 cm³/mol. The smallest absolute Gasteiger partial charge is 0.109 e. The quantitative estimate of drug-likeness (QED) is 0.622. The van der Waals surface area contributed by atoms with Crippen LogP contribution in [0.25, 0.3) is 0 Å². The Labute approximate surface area is 94.0 Å². The number of alkyl halides is 1. The molecule has 14 heavy (non-hydrogen) atoms. The van der Waals surface area contributed by atoms with Gasteiger partial charge >= 0.3 is 0 Å². The van der Waals surface area contributed by atoms with Gasteiger partial charge in [-0.15, -0.1) is 22.9 Å². The van der Waals surface area contributed by atoms with Gasteiger partial charge in [-0.05, 0) is 13.8 Å². The molecule has 78 valence electrons. The maximum Gasteiger partial charge on any atom is 0.109 e. The second-order valence-electron chi connectivity index (χ2n) is 3.06.